The van der Waals surface area contributed by atoms with Crippen LogP contribution in [0.3, 0.4) is 0 Å². The average Bonchev–Trinajstić information content (AvgIpc) is 2.96. The molecule has 3 fully saturated rings. The van der Waals surface area contributed by atoms with Gasteiger partial charge in [-0.2, -0.15) is 0 Å². The van der Waals surface area contributed by atoms with Crippen LogP contribution in [0.4, 0.5) is 4.39 Å². The highest BCUT2D eigenvalue weighted by Gasteiger charge is 2.52. The van der Waals surface area contributed by atoms with Gasteiger partial charge in [-0.1, -0.05) is 0 Å². The summed E-state index contributed by atoms with van der Waals surface area (Å²) in [5.74, 6) is -0.795. The first-order valence-electron chi connectivity index (χ1n) is 14.0. The number of hydrogen-bond donors (Lipinski definition) is 11. The van der Waals surface area contributed by atoms with E-state index < -0.39 is 104 Å². The van der Waals surface area contributed by atoms with Crippen LogP contribution in [-0.2, 0) is 23.7 Å². The third-order valence-corrected chi connectivity index (χ3v) is 7.72. The number of nitrogens with zero attached hydrogens (tertiary/aromatic N) is 1. The topological polar surface area (TPSA) is 315 Å². The molecule has 17 N–H and O–H groups in total. The summed E-state index contributed by atoms with van der Waals surface area (Å²) in [5.41, 5.74) is 35.1. The number of nitrogens with two attached hydrogens (primary N) is 6. The molecule has 15 atom stereocenters. The van der Waals surface area contributed by atoms with Gasteiger partial charge >= 0.3 is 0 Å². The molecule has 15 unspecified atom stereocenters. The van der Waals surface area contributed by atoms with Crippen molar-refractivity contribution in [2.24, 2.45) is 39.4 Å². The lowest BCUT2D eigenvalue weighted by atomic mass is 9.84. The third-order valence-electron chi connectivity index (χ3n) is 7.72. The number of rotatable bonds is 12. The van der Waals surface area contributed by atoms with Crippen molar-refractivity contribution in [3.05, 3.63) is 0 Å². The molecule has 2 aliphatic heterocycles. The van der Waals surface area contributed by atoms with Gasteiger partial charge < -0.3 is 79.1 Å². The number of aliphatic imine (C=N–C) groups is 1. The van der Waals surface area contributed by atoms with Crippen LogP contribution in [0.5, 0.6) is 0 Å². The van der Waals surface area contributed by atoms with E-state index in [-0.39, 0.29) is 25.9 Å². The lowest BCUT2D eigenvalue weighted by Crippen LogP contribution is -2.68. The van der Waals surface area contributed by atoms with Crippen molar-refractivity contribution >= 4 is 12.1 Å². The van der Waals surface area contributed by atoms with E-state index in [0.717, 1.165) is 0 Å². The number of hydrogen-bond acceptors (Lipinski definition) is 16. The fraction of sp³-hybridized carbons (Fsp3) is 0.917. The number of ether oxygens (including phenoxy) is 4. The molecule has 1 aliphatic carbocycles. The van der Waals surface area contributed by atoms with Gasteiger partial charge in [-0.25, -0.2) is 4.39 Å². The SMILES string of the molecule is NCC/C=N/CC1OC(OC2C(NC(=O)C(N)CO)CC(N)C(OC3OC(CN)C(O)CC3N)C2F)C(O)C(N)C1O. The minimum Gasteiger partial charge on any atom is -0.394 e. The Morgan fingerprint density at radius 1 is 1.02 bits per heavy atom. The molecule has 244 valence electrons. The van der Waals surface area contributed by atoms with Crippen molar-refractivity contribution in [2.45, 2.75) is 111 Å². The van der Waals surface area contributed by atoms with Crippen molar-refractivity contribution in [2.75, 3.05) is 26.2 Å². The van der Waals surface area contributed by atoms with Crippen LogP contribution in [0.25, 0.3) is 0 Å². The number of carbonyl (C=O) groups is 1. The van der Waals surface area contributed by atoms with Gasteiger partial charge in [0.25, 0.3) is 0 Å². The number of alkyl halides is 1. The second kappa shape index (κ2) is 16.0. The number of aliphatic hydroxyl groups excluding tert-OH is 4. The van der Waals surface area contributed by atoms with E-state index >= 15 is 4.39 Å². The zero-order chi connectivity index (χ0) is 31.1. The van der Waals surface area contributed by atoms with Gasteiger partial charge in [0.1, 0.15) is 30.5 Å². The molecule has 0 spiro atoms. The van der Waals surface area contributed by atoms with Crippen molar-refractivity contribution in [3.8, 4) is 0 Å². The summed E-state index contributed by atoms with van der Waals surface area (Å²) >= 11 is 0. The fourth-order valence-corrected chi connectivity index (χ4v) is 5.20. The first kappa shape index (κ1) is 35.0. The molecule has 0 aromatic heterocycles. The number of halogens is 1. The molecule has 2 saturated heterocycles. The van der Waals surface area contributed by atoms with E-state index in [1.807, 2.05) is 0 Å². The predicted octanol–water partition coefficient (Wildman–Crippen LogP) is -6.41. The van der Waals surface area contributed by atoms with Gasteiger partial charge in [0.05, 0.1) is 49.6 Å². The van der Waals surface area contributed by atoms with Crippen LogP contribution in [0, 0.1) is 0 Å². The van der Waals surface area contributed by atoms with Gasteiger partial charge in [0, 0.05) is 18.8 Å². The number of amides is 1. The summed E-state index contributed by atoms with van der Waals surface area (Å²) in [6, 6.07) is -5.50. The molecule has 0 bridgehead atoms. The number of aliphatic hydroxyl groups is 4. The predicted molar refractivity (Wildman–Crippen MR) is 146 cm³/mol. The van der Waals surface area contributed by atoms with Gasteiger partial charge in [-0.3, -0.25) is 9.79 Å². The van der Waals surface area contributed by atoms with Crippen LogP contribution < -0.4 is 39.7 Å². The smallest absolute Gasteiger partial charge is 0.239 e. The van der Waals surface area contributed by atoms with Gasteiger partial charge in [-0.05, 0) is 25.8 Å². The highest BCUT2D eigenvalue weighted by molar-refractivity contribution is 5.82. The van der Waals surface area contributed by atoms with E-state index in [1.54, 1.807) is 6.21 Å². The standard InChI is InChI=1S/C24H47FN8O9/c25-16-20(41-23-10(29)5-13(35)14(6-27)39-23)9(28)4-12(33-22(38)11(30)8-34)21(16)42-24-19(37)17(31)18(36)15(40-24)7-32-3-1-2-26/h3,9-21,23-24,34-37H,1-2,4-8,26-31H2,(H,33,38)/b32-3+. The van der Waals surface area contributed by atoms with Crippen molar-refractivity contribution in [1.29, 1.82) is 0 Å². The monoisotopic (exact) mass is 610 g/mol. The summed E-state index contributed by atoms with van der Waals surface area (Å²) < 4.78 is 39.6. The van der Waals surface area contributed by atoms with E-state index in [4.69, 9.17) is 53.3 Å². The molecule has 0 aromatic rings. The number of nitrogens with one attached hydrogen (secondary N) is 1. The molecule has 2 heterocycles. The molecule has 3 rings (SSSR count). The van der Waals surface area contributed by atoms with E-state index in [9.17, 15) is 25.2 Å². The van der Waals surface area contributed by atoms with Crippen LogP contribution in [0.15, 0.2) is 4.99 Å². The highest BCUT2D eigenvalue weighted by atomic mass is 19.1. The Hall–Kier alpha value is -1.49. The second-order valence-corrected chi connectivity index (χ2v) is 10.9. The lowest BCUT2D eigenvalue weighted by molar-refractivity contribution is -0.306. The molecule has 17 nitrogen and oxygen atoms in total. The molecular weight excluding hydrogens is 563 g/mol. The zero-order valence-electron chi connectivity index (χ0n) is 23.3. The first-order chi connectivity index (χ1) is 19.9. The Morgan fingerprint density at radius 3 is 2.33 bits per heavy atom. The van der Waals surface area contributed by atoms with Crippen LogP contribution in [0.1, 0.15) is 19.3 Å². The molecule has 3 aliphatic rings. The van der Waals surface area contributed by atoms with E-state index in [0.29, 0.717) is 13.0 Å². The Morgan fingerprint density at radius 2 is 1.69 bits per heavy atom. The van der Waals surface area contributed by atoms with Crippen molar-refractivity contribution in [3.63, 3.8) is 0 Å². The maximum Gasteiger partial charge on any atom is 0.239 e. The van der Waals surface area contributed by atoms with Crippen LogP contribution in [0.2, 0.25) is 0 Å². The molecule has 1 saturated carbocycles. The number of carbonyl (C=O) groups excluding carboxylic acids is 1. The maximum atomic E-state index is 16.3. The molecule has 18 heteroatoms. The Labute approximate surface area is 243 Å². The molecule has 0 aromatic carbocycles. The van der Waals surface area contributed by atoms with Crippen LogP contribution >= 0.6 is 0 Å². The summed E-state index contributed by atoms with van der Waals surface area (Å²) in [5, 5.41) is 43.3. The van der Waals surface area contributed by atoms with Crippen molar-refractivity contribution in [1.82, 2.24) is 5.32 Å². The van der Waals surface area contributed by atoms with E-state index in [2.05, 4.69) is 10.3 Å². The Bertz CT molecular complexity index is 884. The van der Waals surface area contributed by atoms with Gasteiger partial charge in [0.2, 0.25) is 5.91 Å². The molecule has 42 heavy (non-hydrogen) atoms. The van der Waals surface area contributed by atoms with Crippen LogP contribution in [-0.4, -0.2) is 150 Å². The summed E-state index contributed by atoms with van der Waals surface area (Å²) in [4.78, 5) is 16.7. The second-order valence-electron chi connectivity index (χ2n) is 10.9. The summed E-state index contributed by atoms with van der Waals surface area (Å²) in [7, 11) is 0. The molecule has 1 amide bonds. The minimum absolute atomic E-state index is 0.0328. The first-order valence-corrected chi connectivity index (χ1v) is 14.0. The molecule has 0 radical (unpaired) electrons. The zero-order valence-corrected chi connectivity index (χ0v) is 23.3. The lowest BCUT2D eigenvalue weighted by Gasteiger charge is -2.48. The Kier molecular flexibility index (Phi) is 13.3. The largest absolute Gasteiger partial charge is 0.394 e. The third kappa shape index (κ3) is 8.36. The van der Waals surface area contributed by atoms with Crippen molar-refractivity contribution < 1.29 is 48.6 Å². The quantitative estimate of drug-likeness (QED) is 0.0915. The minimum atomic E-state index is -2.05. The Balaban J connectivity index is 1.83. The van der Waals surface area contributed by atoms with Gasteiger partial charge in [-0.15, -0.1) is 0 Å². The summed E-state index contributed by atoms with van der Waals surface area (Å²) in [6.45, 7) is -0.382. The summed E-state index contributed by atoms with van der Waals surface area (Å²) in [6.07, 6.45) is -11.3. The average molecular weight is 611 g/mol. The molecular formula is C24H47FN8O9. The fourth-order valence-electron chi connectivity index (χ4n) is 5.20. The maximum absolute atomic E-state index is 16.3. The van der Waals surface area contributed by atoms with Gasteiger partial charge in [0.15, 0.2) is 18.8 Å². The van der Waals surface area contributed by atoms with E-state index in [1.165, 1.54) is 0 Å². The highest BCUT2D eigenvalue weighted by Crippen LogP contribution is 2.33. The normalized spacial score (nSPS) is 43.8.